The first-order valence-corrected chi connectivity index (χ1v) is 8.31. The number of fused-ring (bicyclic) bond motifs is 5. The van der Waals surface area contributed by atoms with Crippen LogP contribution in [0.15, 0.2) is 18.2 Å². The van der Waals surface area contributed by atoms with E-state index < -0.39 is 12.2 Å². The number of rotatable bonds is 4. The molecule has 6 heteroatoms. The van der Waals surface area contributed by atoms with Crippen LogP contribution in [0.25, 0.3) is 10.8 Å². The van der Waals surface area contributed by atoms with Crippen LogP contribution in [0.3, 0.4) is 0 Å². The van der Waals surface area contributed by atoms with Gasteiger partial charge in [0.1, 0.15) is 17.2 Å². The van der Waals surface area contributed by atoms with Crippen LogP contribution in [0.4, 0.5) is 0 Å². The van der Waals surface area contributed by atoms with Gasteiger partial charge in [0.2, 0.25) is 0 Å². The van der Waals surface area contributed by atoms with E-state index in [-0.39, 0.29) is 35.9 Å². The molecule has 25 heavy (non-hydrogen) atoms. The number of hydrogen-bond acceptors (Lipinski definition) is 6. The van der Waals surface area contributed by atoms with Crippen molar-refractivity contribution < 1.29 is 28.9 Å². The molecule has 0 spiro atoms. The Morgan fingerprint density at radius 2 is 2.16 bits per heavy atom. The maximum atomic E-state index is 12.7. The molecule has 2 aliphatic heterocycles. The largest absolute Gasteiger partial charge is 0.506 e. The molecular formula is C19H18O6. The van der Waals surface area contributed by atoms with Gasteiger partial charge in [0.25, 0.3) is 0 Å². The van der Waals surface area contributed by atoms with Crippen LogP contribution in [-0.4, -0.2) is 30.1 Å². The van der Waals surface area contributed by atoms with Crippen molar-refractivity contribution in [3.63, 3.8) is 0 Å². The van der Waals surface area contributed by atoms with Crippen LogP contribution < -0.4 is 9.47 Å². The van der Waals surface area contributed by atoms with Crippen LogP contribution in [0, 0.1) is 0 Å². The topological polar surface area (TPSA) is 82.1 Å². The summed E-state index contributed by atoms with van der Waals surface area (Å²) in [4.78, 5) is 24.4. The van der Waals surface area contributed by atoms with Gasteiger partial charge in [-0.2, -0.15) is 0 Å². The molecule has 0 amide bonds. The van der Waals surface area contributed by atoms with Crippen molar-refractivity contribution >= 4 is 22.5 Å². The van der Waals surface area contributed by atoms with Gasteiger partial charge < -0.3 is 19.3 Å². The second-order valence-corrected chi connectivity index (χ2v) is 6.29. The van der Waals surface area contributed by atoms with E-state index in [0.717, 1.165) is 0 Å². The van der Waals surface area contributed by atoms with Crippen molar-refractivity contribution in [1.82, 2.24) is 0 Å². The highest BCUT2D eigenvalue weighted by atomic mass is 16.6. The lowest BCUT2D eigenvalue weighted by atomic mass is 9.90. The number of ether oxygens (including phenoxy) is 3. The first kappa shape index (κ1) is 15.7. The number of methoxy groups -OCH3 is 1. The number of phenols is 1. The van der Waals surface area contributed by atoms with Gasteiger partial charge in [0, 0.05) is 11.8 Å². The molecule has 0 unspecified atom stereocenters. The number of ketones is 1. The maximum absolute atomic E-state index is 12.7. The fourth-order valence-corrected chi connectivity index (χ4v) is 3.72. The quantitative estimate of drug-likeness (QED) is 0.678. The number of hydrogen-bond donors (Lipinski definition) is 1. The highest BCUT2D eigenvalue weighted by molar-refractivity contribution is 6.11. The third-order valence-electron chi connectivity index (χ3n) is 4.75. The molecule has 0 bridgehead atoms. The summed E-state index contributed by atoms with van der Waals surface area (Å²) in [5.74, 6) is 0.252. The molecule has 2 atom stereocenters. The monoisotopic (exact) mass is 342 g/mol. The third kappa shape index (κ3) is 2.17. The predicted molar refractivity (Wildman–Crippen MR) is 89.3 cm³/mol. The van der Waals surface area contributed by atoms with E-state index in [9.17, 15) is 14.7 Å². The lowest BCUT2D eigenvalue weighted by Crippen LogP contribution is -2.13. The minimum atomic E-state index is -0.653. The van der Waals surface area contributed by atoms with Gasteiger partial charge in [-0.3, -0.25) is 9.59 Å². The second-order valence-electron chi connectivity index (χ2n) is 6.29. The molecule has 1 fully saturated rings. The molecule has 0 aliphatic carbocycles. The first-order chi connectivity index (χ1) is 12.1. The molecule has 130 valence electrons. The molecule has 0 aromatic heterocycles. The zero-order chi connectivity index (χ0) is 17.7. The average Bonchev–Trinajstić information content (AvgIpc) is 3.11. The second kappa shape index (κ2) is 5.65. The number of phenolic OH excluding ortho intramolecular Hbond substituents is 1. The van der Waals surface area contributed by atoms with Gasteiger partial charge in [-0.25, -0.2) is 0 Å². The first-order valence-electron chi connectivity index (χ1n) is 8.31. The third-order valence-corrected chi connectivity index (χ3v) is 4.75. The van der Waals surface area contributed by atoms with Crippen molar-refractivity contribution in [2.24, 2.45) is 0 Å². The van der Waals surface area contributed by atoms with Crippen molar-refractivity contribution in [2.45, 2.75) is 38.4 Å². The molecule has 2 aromatic carbocycles. The fraction of sp³-hybridized carbons (Fsp3) is 0.368. The molecule has 4 rings (SSSR count). The lowest BCUT2D eigenvalue weighted by molar-refractivity contribution is -0.141. The van der Waals surface area contributed by atoms with Crippen LogP contribution >= 0.6 is 0 Å². The van der Waals surface area contributed by atoms with Crippen molar-refractivity contribution in [2.75, 3.05) is 7.11 Å². The summed E-state index contributed by atoms with van der Waals surface area (Å²) in [6.07, 6.45) is -0.0586. The van der Waals surface area contributed by atoms with E-state index in [4.69, 9.17) is 14.2 Å². The Labute approximate surface area is 144 Å². The molecular weight excluding hydrogens is 324 g/mol. The Hall–Kier alpha value is -2.76. The summed E-state index contributed by atoms with van der Waals surface area (Å²) in [7, 11) is 1.51. The van der Waals surface area contributed by atoms with Crippen LogP contribution in [0.1, 0.15) is 48.2 Å². The number of esters is 1. The molecule has 1 N–H and O–H groups in total. The molecule has 1 saturated heterocycles. The van der Waals surface area contributed by atoms with E-state index in [2.05, 4.69) is 0 Å². The number of benzene rings is 2. The predicted octanol–water partition coefficient (Wildman–Crippen LogP) is 3.29. The standard InChI is InChI=1S/C19H18O6/c1-3-5-10(20)15-16-18(24-12-8-13(21)25-19(12)16)9-6-4-7-11(23-2)14(9)17(15)22/h4,6-7,12,19,22H,3,5,8H2,1-2H3/t12-,19+/m1/s1. The number of Topliss-reactive ketones (excluding diaryl/α,β-unsaturated/α-hetero) is 1. The summed E-state index contributed by atoms with van der Waals surface area (Å²) in [5, 5.41) is 12.0. The SMILES string of the molecule is CCCC(=O)c1c2c(c3cccc(OC)c3c1O)O[C@@H]1CC(=O)O[C@H]21. The fourth-order valence-electron chi connectivity index (χ4n) is 3.72. The Morgan fingerprint density at radius 1 is 1.36 bits per heavy atom. The highest BCUT2D eigenvalue weighted by Gasteiger charge is 2.48. The Kier molecular flexibility index (Phi) is 3.56. The summed E-state index contributed by atoms with van der Waals surface area (Å²) >= 11 is 0. The summed E-state index contributed by atoms with van der Waals surface area (Å²) in [6.45, 7) is 1.89. The van der Waals surface area contributed by atoms with Gasteiger partial charge in [0.05, 0.1) is 30.0 Å². The van der Waals surface area contributed by atoms with Gasteiger partial charge in [-0.15, -0.1) is 0 Å². The molecule has 2 heterocycles. The molecule has 6 nitrogen and oxygen atoms in total. The van der Waals surface area contributed by atoms with E-state index in [1.807, 2.05) is 6.92 Å². The number of carbonyl (C=O) groups excluding carboxylic acids is 2. The zero-order valence-corrected chi connectivity index (χ0v) is 14.0. The van der Waals surface area contributed by atoms with Crippen molar-refractivity contribution in [3.05, 3.63) is 29.3 Å². The summed E-state index contributed by atoms with van der Waals surface area (Å²) in [6, 6.07) is 5.31. The average molecular weight is 342 g/mol. The highest BCUT2D eigenvalue weighted by Crippen LogP contribution is 2.54. The minimum Gasteiger partial charge on any atom is -0.506 e. The molecule has 2 aliphatic rings. The van der Waals surface area contributed by atoms with Crippen molar-refractivity contribution in [1.29, 1.82) is 0 Å². The normalized spacial score (nSPS) is 20.8. The number of carbonyl (C=O) groups is 2. The minimum absolute atomic E-state index is 0.132. The van der Waals surface area contributed by atoms with Crippen LogP contribution in [0.5, 0.6) is 17.2 Å². The van der Waals surface area contributed by atoms with Gasteiger partial charge in [-0.05, 0) is 12.5 Å². The molecule has 0 saturated carbocycles. The van der Waals surface area contributed by atoms with E-state index >= 15 is 0 Å². The smallest absolute Gasteiger partial charge is 0.310 e. The Bertz CT molecular complexity index is 901. The van der Waals surface area contributed by atoms with E-state index in [0.29, 0.717) is 34.3 Å². The maximum Gasteiger partial charge on any atom is 0.310 e. The van der Waals surface area contributed by atoms with Gasteiger partial charge >= 0.3 is 5.97 Å². The zero-order valence-electron chi connectivity index (χ0n) is 14.0. The Balaban J connectivity index is 2.06. The Morgan fingerprint density at radius 3 is 2.88 bits per heavy atom. The lowest BCUT2D eigenvalue weighted by Gasteiger charge is -2.17. The number of aromatic hydroxyl groups is 1. The van der Waals surface area contributed by atoms with E-state index in [1.54, 1.807) is 18.2 Å². The van der Waals surface area contributed by atoms with Gasteiger partial charge in [0.15, 0.2) is 18.0 Å². The van der Waals surface area contributed by atoms with Gasteiger partial charge in [-0.1, -0.05) is 19.1 Å². The van der Waals surface area contributed by atoms with Crippen LogP contribution in [0.2, 0.25) is 0 Å². The van der Waals surface area contributed by atoms with Crippen molar-refractivity contribution in [3.8, 4) is 17.2 Å². The van der Waals surface area contributed by atoms with E-state index in [1.165, 1.54) is 7.11 Å². The summed E-state index contributed by atoms with van der Waals surface area (Å²) < 4.78 is 16.7. The molecule has 0 radical (unpaired) electrons. The summed E-state index contributed by atoms with van der Waals surface area (Å²) in [5.41, 5.74) is 0.656. The van der Waals surface area contributed by atoms with Crippen LogP contribution in [-0.2, 0) is 9.53 Å². The molecule has 2 aromatic rings.